The van der Waals surface area contributed by atoms with E-state index in [0.29, 0.717) is 5.95 Å². The first kappa shape index (κ1) is 13.3. The first-order valence-corrected chi connectivity index (χ1v) is 8.23. The lowest BCUT2D eigenvalue weighted by molar-refractivity contribution is 0.956. The molecule has 0 fully saturated rings. The fourth-order valence-corrected chi connectivity index (χ4v) is 3.10. The summed E-state index contributed by atoms with van der Waals surface area (Å²) in [6.45, 7) is 3.74. The van der Waals surface area contributed by atoms with Crippen LogP contribution in [-0.2, 0) is 6.54 Å². The minimum atomic E-state index is 0.689. The quantitative estimate of drug-likeness (QED) is 0.729. The van der Waals surface area contributed by atoms with Gasteiger partial charge in [-0.3, -0.25) is 4.98 Å². The summed E-state index contributed by atoms with van der Waals surface area (Å²) in [4.78, 5) is 15.4. The van der Waals surface area contributed by atoms with Crippen molar-refractivity contribution in [2.24, 2.45) is 0 Å². The maximum absolute atomic E-state index is 4.57. The highest BCUT2D eigenvalue weighted by Gasteiger charge is 2.08. The lowest BCUT2D eigenvalue weighted by atomic mass is 10.3. The second kappa shape index (κ2) is 6.15. The predicted molar refractivity (Wildman–Crippen MR) is 85.6 cm³/mol. The second-order valence-corrected chi connectivity index (χ2v) is 6.15. The Bertz CT molecular complexity index is 677. The summed E-state index contributed by atoms with van der Waals surface area (Å²) < 4.78 is 0. The minimum absolute atomic E-state index is 0.689. The van der Waals surface area contributed by atoms with E-state index >= 15 is 0 Å². The van der Waals surface area contributed by atoms with Crippen molar-refractivity contribution in [3.8, 4) is 0 Å². The zero-order chi connectivity index (χ0) is 13.8. The zero-order valence-corrected chi connectivity index (χ0v) is 12.7. The number of hydrogen-bond donors (Lipinski definition) is 2. The number of thiazole rings is 1. The van der Waals surface area contributed by atoms with Crippen LogP contribution in [0.3, 0.4) is 0 Å². The van der Waals surface area contributed by atoms with E-state index in [0.717, 1.165) is 35.5 Å². The van der Waals surface area contributed by atoms with Crippen LogP contribution in [0, 0.1) is 0 Å². The number of nitrogens with zero attached hydrogens (tertiary/aromatic N) is 3. The van der Waals surface area contributed by atoms with E-state index in [9.17, 15) is 0 Å². The standard InChI is InChI=1S/C13H15N5S2/c1-2-4-15-13-17-11(10-3-5-19-12(10)18-13)16-7-9-6-14-8-20-9/h3,5-6,8H,2,4,7H2,1H3,(H2,15,16,17,18). The minimum Gasteiger partial charge on any atom is -0.364 e. The van der Waals surface area contributed by atoms with Crippen LogP contribution in [0.4, 0.5) is 11.8 Å². The summed E-state index contributed by atoms with van der Waals surface area (Å²) >= 11 is 3.27. The van der Waals surface area contributed by atoms with Gasteiger partial charge in [0, 0.05) is 17.6 Å². The van der Waals surface area contributed by atoms with Crippen molar-refractivity contribution in [3.63, 3.8) is 0 Å². The molecule has 5 nitrogen and oxygen atoms in total. The van der Waals surface area contributed by atoms with Gasteiger partial charge in [-0.15, -0.1) is 22.7 Å². The number of nitrogens with one attached hydrogen (secondary N) is 2. The first-order valence-electron chi connectivity index (χ1n) is 6.47. The molecule has 0 spiro atoms. The van der Waals surface area contributed by atoms with Gasteiger partial charge in [0.15, 0.2) is 0 Å². The average molecular weight is 305 g/mol. The fraction of sp³-hybridized carbons (Fsp3) is 0.308. The van der Waals surface area contributed by atoms with Gasteiger partial charge in [-0.1, -0.05) is 6.92 Å². The molecular formula is C13H15N5S2. The lowest BCUT2D eigenvalue weighted by Crippen LogP contribution is -2.07. The van der Waals surface area contributed by atoms with E-state index < -0.39 is 0 Å². The number of rotatable bonds is 6. The van der Waals surface area contributed by atoms with E-state index in [1.54, 1.807) is 22.7 Å². The van der Waals surface area contributed by atoms with Gasteiger partial charge in [0.2, 0.25) is 5.95 Å². The summed E-state index contributed by atoms with van der Waals surface area (Å²) in [6, 6.07) is 2.05. The van der Waals surface area contributed by atoms with Crippen LogP contribution in [0.5, 0.6) is 0 Å². The number of aromatic nitrogens is 3. The van der Waals surface area contributed by atoms with Crippen molar-refractivity contribution in [2.45, 2.75) is 19.9 Å². The molecule has 2 N–H and O–H groups in total. The maximum atomic E-state index is 4.57. The molecule has 0 aliphatic carbocycles. The molecule has 0 saturated heterocycles. The molecule has 7 heteroatoms. The molecule has 0 bridgehead atoms. The molecule has 0 aromatic carbocycles. The SMILES string of the molecule is CCCNc1nc(NCc2cncs2)c2ccsc2n1. The Labute approximate surface area is 125 Å². The van der Waals surface area contributed by atoms with Crippen molar-refractivity contribution in [1.82, 2.24) is 15.0 Å². The zero-order valence-electron chi connectivity index (χ0n) is 11.1. The van der Waals surface area contributed by atoms with E-state index in [2.05, 4.69) is 38.6 Å². The Kier molecular flexibility index (Phi) is 4.08. The highest BCUT2D eigenvalue weighted by atomic mass is 32.1. The third-order valence-corrected chi connectivity index (χ3v) is 4.36. The van der Waals surface area contributed by atoms with Crippen LogP contribution >= 0.6 is 22.7 Å². The summed E-state index contributed by atoms with van der Waals surface area (Å²) in [5.74, 6) is 1.57. The number of thiophene rings is 1. The molecule has 0 amide bonds. The summed E-state index contributed by atoms with van der Waals surface area (Å²) in [7, 11) is 0. The Morgan fingerprint density at radius 2 is 2.15 bits per heavy atom. The van der Waals surface area contributed by atoms with Gasteiger partial charge in [0.05, 0.1) is 17.4 Å². The monoisotopic (exact) mass is 305 g/mol. The molecular weight excluding hydrogens is 290 g/mol. The van der Waals surface area contributed by atoms with Gasteiger partial charge in [-0.25, -0.2) is 4.98 Å². The normalized spacial score (nSPS) is 10.8. The van der Waals surface area contributed by atoms with Crippen LogP contribution in [0.15, 0.2) is 23.2 Å². The third kappa shape index (κ3) is 2.88. The summed E-state index contributed by atoms with van der Waals surface area (Å²) in [6.07, 6.45) is 2.93. The van der Waals surface area contributed by atoms with Gasteiger partial charge in [-0.2, -0.15) is 4.98 Å². The van der Waals surface area contributed by atoms with Crippen molar-refractivity contribution >= 4 is 44.7 Å². The Balaban J connectivity index is 1.85. The molecule has 3 aromatic heterocycles. The van der Waals surface area contributed by atoms with Crippen molar-refractivity contribution < 1.29 is 0 Å². The second-order valence-electron chi connectivity index (χ2n) is 4.28. The van der Waals surface area contributed by atoms with E-state index in [-0.39, 0.29) is 0 Å². The highest BCUT2D eigenvalue weighted by molar-refractivity contribution is 7.16. The predicted octanol–water partition coefficient (Wildman–Crippen LogP) is 3.58. The highest BCUT2D eigenvalue weighted by Crippen LogP contribution is 2.27. The van der Waals surface area contributed by atoms with Crippen LogP contribution in [0.2, 0.25) is 0 Å². The van der Waals surface area contributed by atoms with Crippen molar-refractivity contribution in [2.75, 3.05) is 17.2 Å². The van der Waals surface area contributed by atoms with Crippen LogP contribution < -0.4 is 10.6 Å². The molecule has 3 aromatic rings. The topological polar surface area (TPSA) is 62.7 Å². The summed E-state index contributed by atoms with van der Waals surface area (Å²) in [5, 5.41) is 9.74. The van der Waals surface area contributed by atoms with Crippen molar-refractivity contribution in [3.05, 3.63) is 28.0 Å². The average Bonchev–Trinajstić information content (AvgIpc) is 3.13. The smallest absolute Gasteiger partial charge is 0.226 e. The molecule has 0 atom stereocenters. The molecule has 0 aliphatic heterocycles. The largest absolute Gasteiger partial charge is 0.364 e. The third-order valence-electron chi connectivity index (χ3n) is 2.77. The number of hydrogen-bond acceptors (Lipinski definition) is 7. The molecule has 104 valence electrons. The Morgan fingerprint density at radius 3 is 2.95 bits per heavy atom. The van der Waals surface area contributed by atoms with Gasteiger partial charge in [0.25, 0.3) is 0 Å². The van der Waals surface area contributed by atoms with Crippen LogP contribution in [0.1, 0.15) is 18.2 Å². The molecule has 3 heterocycles. The van der Waals surface area contributed by atoms with Gasteiger partial charge in [-0.05, 0) is 17.9 Å². The molecule has 0 radical (unpaired) electrons. The molecule has 3 rings (SSSR count). The van der Waals surface area contributed by atoms with Gasteiger partial charge in [0.1, 0.15) is 10.6 Å². The first-order chi connectivity index (χ1) is 9.86. The number of fused-ring (bicyclic) bond motifs is 1. The Morgan fingerprint density at radius 1 is 1.20 bits per heavy atom. The molecule has 20 heavy (non-hydrogen) atoms. The molecule has 0 aliphatic rings. The van der Waals surface area contributed by atoms with Gasteiger partial charge >= 0.3 is 0 Å². The van der Waals surface area contributed by atoms with Crippen LogP contribution in [-0.4, -0.2) is 21.5 Å². The molecule has 0 saturated carbocycles. The number of anilines is 2. The lowest BCUT2D eigenvalue weighted by Gasteiger charge is -2.08. The van der Waals surface area contributed by atoms with Crippen molar-refractivity contribution in [1.29, 1.82) is 0 Å². The van der Waals surface area contributed by atoms with E-state index in [4.69, 9.17) is 0 Å². The summed E-state index contributed by atoms with van der Waals surface area (Å²) in [5.41, 5.74) is 1.84. The van der Waals surface area contributed by atoms with E-state index in [1.807, 2.05) is 17.1 Å². The maximum Gasteiger partial charge on any atom is 0.226 e. The van der Waals surface area contributed by atoms with E-state index in [1.165, 1.54) is 4.88 Å². The molecule has 0 unspecified atom stereocenters. The fourth-order valence-electron chi connectivity index (χ4n) is 1.81. The van der Waals surface area contributed by atoms with Gasteiger partial charge < -0.3 is 10.6 Å². The van der Waals surface area contributed by atoms with Crippen LogP contribution in [0.25, 0.3) is 10.2 Å². The Hall–Kier alpha value is -1.73.